The lowest BCUT2D eigenvalue weighted by atomic mass is 10.0. The van der Waals surface area contributed by atoms with Gasteiger partial charge in [0.25, 0.3) is 0 Å². The number of hydrogen-bond donors (Lipinski definition) is 0. The second-order valence-corrected chi connectivity index (χ2v) is 10.4. The van der Waals surface area contributed by atoms with Crippen LogP contribution in [0.25, 0.3) is 44.0 Å². The number of imidazole rings is 1. The minimum absolute atomic E-state index is 0.113. The molecule has 0 spiro atoms. The van der Waals surface area contributed by atoms with Gasteiger partial charge in [0, 0.05) is 11.9 Å². The van der Waals surface area contributed by atoms with Crippen molar-refractivity contribution in [3.63, 3.8) is 0 Å². The van der Waals surface area contributed by atoms with Crippen LogP contribution < -0.4 is 4.18 Å². The summed E-state index contributed by atoms with van der Waals surface area (Å²) in [6.07, 6.45) is 0. The van der Waals surface area contributed by atoms with Crippen LogP contribution in [0.2, 0.25) is 0 Å². The highest BCUT2D eigenvalue weighted by Gasteiger charge is 2.24. The van der Waals surface area contributed by atoms with Crippen LogP contribution in [0.15, 0.2) is 102 Å². The van der Waals surface area contributed by atoms with Crippen molar-refractivity contribution in [3.8, 4) is 17.1 Å². The van der Waals surface area contributed by atoms with E-state index in [1.165, 1.54) is 0 Å². The topological polar surface area (TPSA) is 61.2 Å². The molecule has 0 saturated carbocycles. The molecule has 0 aliphatic heterocycles. The van der Waals surface area contributed by atoms with Gasteiger partial charge in [-0.3, -0.25) is 0 Å². The Bertz CT molecular complexity index is 1870. The Hall–Kier alpha value is -4.16. The van der Waals surface area contributed by atoms with Gasteiger partial charge in [-0.2, -0.15) is 8.42 Å². The maximum atomic E-state index is 13.3. The van der Waals surface area contributed by atoms with E-state index in [9.17, 15) is 8.42 Å². The average molecular weight is 493 g/mol. The molecule has 0 aliphatic rings. The van der Waals surface area contributed by atoms with E-state index in [1.54, 1.807) is 30.3 Å². The number of aryl methyl sites for hydroxylation is 2. The molecule has 0 radical (unpaired) electrons. The molecule has 5 aromatic carbocycles. The van der Waals surface area contributed by atoms with E-state index in [0.29, 0.717) is 17.9 Å². The molecule has 0 unspecified atom stereocenters. The normalized spacial score (nSPS) is 11.9. The number of aromatic nitrogens is 2. The second-order valence-electron chi connectivity index (χ2n) is 8.84. The summed E-state index contributed by atoms with van der Waals surface area (Å²) in [5, 5.41) is 4.09. The quantitative estimate of drug-likeness (QED) is 0.241. The molecule has 0 N–H and O–H groups in total. The number of benzene rings is 5. The van der Waals surface area contributed by atoms with Crippen molar-refractivity contribution in [1.29, 1.82) is 0 Å². The van der Waals surface area contributed by atoms with Gasteiger partial charge in [0.1, 0.15) is 10.7 Å². The van der Waals surface area contributed by atoms with Gasteiger partial charge in [0.15, 0.2) is 5.75 Å². The highest BCUT2D eigenvalue weighted by atomic mass is 32.2. The van der Waals surface area contributed by atoms with Crippen molar-refractivity contribution in [2.75, 3.05) is 0 Å². The highest BCUT2D eigenvalue weighted by Crippen LogP contribution is 2.40. The molecule has 1 aromatic heterocycles. The van der Waals surface area contributed by atoms with Crippen LogP contribution in [0.1, 0.15) is 12.5 Å². The molecule has 178 valence electrons. The van der Waals surface area contributed by atoms with Crippen molar-refractivity contribution in [2.45, 2.75) is 25.3 Å². The molecule has 0 amide bonds. The summed E-state index contributed by atoms with van der Waals surface area (Å²) >= 11 is 0. The van der Waals surface area contributed by atoms with Gasteiger partial charge < -0.3 is 8.75 Å². The van der Waals surface area contributed by atoms with Gasteiger partial charge >= 0.3 is 10.1 Å². The molecule has 0 bridgehead atoms. The fourth-order valence-corrected chi connectivity index (χ4v) is 5.76. The van der Waals surface area contributed by atoms with Gasteiger partial charge in [-0.05, 0) is 54.3 Å². The zero-order chi connectivity index (χ0) is 24.9. The fourth-order valence-electron chi connectivity index (χ4n) is 4.82. The van der Waals surface area contributed by atoms with Crippen LogP contribution in [0, 0.1) is 6.92 Å². The standard InChI is InChI=1S/C30H24N2O3S/c1-3-32-29-25-11-7-5-9-22(25)14-18-26(29)31-30(32)28-24-10-6-4-8-21(24)15-19-27(28)35-36(33,34)23-16-12-20(2)13-17-23/h4-19H,3H2,1-2H3. The Labute approximate surface area is 209 Å². The molecule has 0 atom stereocenters. The van der Waals surface area contributed by atoms with Crippen LogP contribution >= 0.6 is 0 Å². The second kappa shape index (κ2) is 8.50. The molecule has 6 aromatic rings. The Morgan fingerprint density at radius 3 is 2.14 bits per heavy atom. The molecule has 36 heavy (non-hydrogen) atoms. The first-order valence-corrected chi connectivity index (χ1v) is 13.3. The van der Waals surface area contributed by atoms with Crippen molar-refractivity contribution >= 4 is 42.7 Å². The van der Waals surface area contributed by atoms with Crippen LogP contribution in [-0.4, -0.2) is 18.0 Å². The van der Waals surface area contributed by atoms with Gasteiger partial charge in [-0.1, -0.05) is 78.4 Å². The first-order chi connectivity index (χ1) is 17.5. The van der Waals surface area contributed by atoms with Crippen LogP contribution in [0.4, 0.5) is 0 Å². The molecule has 0 aliphatic carbocycles. The van der Waals surface area contributed by atoms with Gasteiger partial charge in [-0.15, -0.1) is 0 Å². The summed E-state index contributed by atoms with van der Waals surface area (Å²) < 4.78 is 34.5. The van der Waals surface area contributed by atoms with E-state index >= 15 is 0 Å². The Morgan fingerprint density at radius 2 is 1.42 bits per heavy atom. The first kappa shape index (κ1) is 22.3. The molecular formula is C30H24N2O3S. The van der Waals surface area contributed by atoms with E-state index in [0.717, 1.165) is 38.1 Å². The number of hydrogen-bond acceptors (Lipinski definition) is 4. The third kappa shape index (κ3) is 3.62. The summed E-state index contributed by atoms with van der Waals surface area (Å²) in [5.74, 6) is 0.929. The summed E-state index contributed by atoms with van der Waals surface area (Å²) in [5.41, 5.74) is 3.51. The summed E-state index contributed by atoms with van der Waals surface area (Å²) in [6.45, 7) is 4.64. The largest absolute Gasteiger partial charge is 0.378 e. The summed E-state index contributed by atoms with van der Waals surface area (Å²) in [7, 11) is -4.05. The maximum absolute atomic E-state index is 13.3. The molecule has 5 nitrogen and oxygen atoms in total. The van der Waals surface area contributed by atoms with Gasteiger partial charge in [-0.25, -0.2) is 4.98 Å². The fraction of sp³-hybridized carbons (Fsp3) is 0.100. The Morgan fingerprint density at radius 1 is 0.778 bits per heavy atom. The lowest BCUT2D eigenvalue weighted by molar-refractivity contribution is 0.487. The molecule has 6 rings (SSSR count). The SMILES string of the molecule is CCn1c(-c2c(OS(=O)(=O)c3ccc(C)cc3)ccc3ccccc23)nc2ccc3ccccc3c21. The first-order valence-electron chi connectivity index (χ1n) is 11.9. The van der Waals surface area contributed by atoms with Gasteiger partial charge in [0.2, 0.25) is 0 Å². The molecule has 6 heteroatoms. The zero-order valence-corrected chi connectivity index (χ0v) is 20.8. The van der Waals surface area contributed by atoms with Crippen molar-refractivity contribution in [2.24, 2.45) is 0 Å². The number of fused-ring (bicyclic) bond motifs is 4. The minimum Gasteiger partial charge on any atom is -0.378 e. The third-order valence-corrected chi connectivity index (χ3v) is 7.82. The molecular weight excluding hydrogens is 468 g/mol. The number of rotatable bonds is 5. The van der Waals surface area contributed by atoms with E-state index in [1.807, 2.05) is 55.5 Å². The van der Waals surface area contributed by atoms with Crippen LogP contribution in [0.3, 0.4) is 0 Å². The predicted molar refractivity (Wildman–Crippen MR) is 145 cm³/mol. The van der Waals surface area contributed by atoms with Crippen LogP contribution in [-0.2, 0) is 16.7 Å². The number of nitrogens with zero attached hydrogens (tertiary/aromatic N) is 2. The van der Waals surface area contributed by atoms with E-state index < -0.39 is 10.1 Å². The van der Waals surface area contributed by atoms with E-state index in [-0.39, 0.29) is 10.6 Å². The van der Waals surface area contributed by atoms with Crippen molar-refractivity contribution in [1.82, 2.24) is 9.55 Å². The predicted octanol–water partition coefficient (Wildman–Crippen LogP) is 7.11. The summed E-state index contributed by atoms with van der Waals surface area (Å²) in [4.78, 5) is 5.13. The average Bonchev–Trinajstić information content (AvgIpc) is 3.27. The monoisotopic (exact) mass is 492 g/mol. The smallest absolute Gasteiger partial charge is 0.339 e. The lowest BCUT2D eigenvalue weighted by Gasteiger charge is -2.15. The lowest BCUT2D eigenvalue weighted by Crippen LogP contribution is -2.11. The maximum Gasteiger partial charge on any atom is 0.339 e. The molecule has 1 heterocycles. The van der Waals surface area contributed by atoms with E-state index in [2.05, 4.69) is 29.7 Å². The summed E-state index contributed by atoms with van der Waals surface area (Å²) in [6, 6.07) is 30.5. The third-order valence-electron chi connectivity index (χ3n) is 6.57. The van der Waals surface area contributed by atoms with E-state index in [4.69, 9.17) is 9.17 Å². The van der Waals surface area contributed by atoms with Gasteiger partial charge in [0.05, 0.1) is 16.6 Å². The highest BCUT2D eigenvalue weighted by molar-refractivity contribution is 7.87. The van der Waals surface area contributed by atoms with Crippen molar-refractivity contribution in [3.05, 3.63) is 103 Å². The van der Waals surface area contributed by atoms with Crippen LogP contribution in [0.5, 0.6) is 5.75 Å². The molecule has 0 saturated heterocycles. The van der Waals surface area contributed by atoms with Crippen molar-refractivity contribution < 1.29 is 12.6 Å². The molecule has 0 fully saturated rings. The Balaban J connectivity index is 1.63. The Kier molecular flexibility index (Phi) is 5.27. The zero-order valence-electron chi connectivity index (χ0n) is 20.0. The minimum atomic E-state index is -4.05.